The molecule has 0 spiro atoms. The average Bonchev–Trinajstić information content (AvgIpc) is 3.21. The van der Waals surface area contributed by atoms with Gasteiger partial charge in [0.05, 0.1) is 12.0 Å². The molecule has 1 heterocycles. The van der Waals surface area contributed by atoms with Crippen molar-refractivity contribution in [1.29, 1.82) is 0 Å². The van der Waals surface area contributed by atoms with Crippen LogP contribution in [0.2, 0.25) is 10.0 Å². The van der Waals surface area contributed by atoms with Crippen LogP contribution in [0.25, 0.3) is 0 Å². The number of nitro groups is 1. The number of non-ortho nitro benzene ring substituents is 1. The van der Waals surface area contributed by atoms with Crippen molar-refractivity contribution in [3.05, 3.63) is 73.8 Å². The maximum Gasteiger partial charge on any atom is 0.319 e. The van der Waals surface area contributed by atoms with Crippen molar-refractivity contribution in [1.82, 2.24) is 10.2 Å². The second-order valence-corrected chi connectivity index (χ2v) is 9.48. The van der Waals surface area contributed by atoms with E-state index in [1.165, 1.54) is 25.3 Å². The molecular formula is C19H14Cl2N4O5S2. The van der Waals surface area contributed by atoms with E-state index in [0.29, 0.717) is 19.9 Å². The van der Waals surface area contributed by atoms with Crippen LogP contribution >= 0.6 is 46.3 Å². The van der Waals surface area contributed by atoms with Crippen LogP contribution in [0.3, 0.4) is 0 Å². The molecule has 1 atom stereocenters. The molecule has 0 aliphatic carbocycles. The fraction of sp³-hybridized carbons (Fsp3) is 0.158. The summed E-state index contributed by atoms with van der Waals surface area (Å²) in [5, 5.41) is 21.7. The maximum absolute atomic E-state index is 12.4. The fourth-order valence-electron chi connectivity index (χ4n) is 2.55. The monoisotopic (exact) mass is 512 g/mol. The second kappa shape index (κ2) is 10.7. The second-order valence-electron chi connectivity index (χ2n) is 6.20. The molecule has 32 heavy (non-hydrogen) atoms. The Balaban J connectivity index is 1.71. The van der Waals surface area contributed by atoms with Crippen LogP contribution in [0.15, 0.2) is 46.8 Å². The van der Waals surface area contributed by atoms with Crippen LogP contribution in [0, 0.1) is 10.1 Å². The molecule has 1 unspecified atom stereocenters. The van der Waals surface area contributed by atoms with Crippen LogP contribution in [-0.4, -0.2) is 39.4 Å². The molecule has 0 fully saturated rings. The molecule has 1 amide bonds. The number of ether oxygens (including phenoxy) is 1. The van der Waals surface area contributed by atoms with Crippen molar-refractivity contribution in [2.24, 2.45) is 0 Å². The van der Waals surface area contributed by atoms with E-state index in [-0.39, 0.29) is 22.8 Å². The summed E-state index contributed by atoms with van der Waals surface area (Å²) in [6.07, 6.45) is 0.266. The lowest BCUT2D eigenvalue weighted by Crippen LogP contribution is -2.21. The number of hydrogen-bond acceptors (Lipinski definition) is 9. The van der Waals surface area contributed by atoms with E-state index in [1.54, 1.807) is 18.2 Å². The highest BCUT2D eigenvalue weighted by Gasteiger charge is 2.25. The SMILES string of the molecule is COC(=O)C(Cc1ccc(Cl)cc1Cl)Sc1nnc(NC(=O)c2cccc([N+](=O)[O-])c2)s1. The van der Waals surface area contributed by atoms with Crippen LogP contribution < -0.4 is 5.32 Å². The van der Waals surface area contributed by atoms with Gasteiger partial charge in [-0.15, -0.1) is 10.2 Å². The molecule has 9 nitrogen and oxygen atoms in total. The molecule has 3 rings (SSSR count). The summed E-state index contributed by atoms with van der Waals surface area (Å²) in [6, 6.07) is 10.3. The zero-order chi connectivity index (χ0) is 23.3. The van der Waals surface area contributed by atoms with Gasteiger partial charge in [0.2, 0.25) is 5.13 Å². The van der Waals surface area contributed by atoms with Gasteiger partial charge in [-0.25, -0.2) is 0 Å². The normalized spacial score (nSPS) is 11.6. The number of esters is 1. The number of carbonyl (C=O) groups excluding carboxylic acids is 2. The van der Waals surface area contributed by atoms with E-state index in [1.807, 2.05) is 0 Å². The zero-order valence-electron chi connectivity index (χ0n) is 16.3. The van der Waals surface area contributed by atoms with Crippen LogP contribution in [0.4, 0.5) is 10.8 Å². The first-order valence-corrected chi connectivity index (χ1v) is 11.3. The number of thioether (sulfide) groups is 1. The average molecular weight is 513 g/mol. The number of carbonyl (C=O) groups is 2. The number of nitro benzene ring substituents is 1. The van der Waals surface area contributed by atoms with Gasteiger partial charge in [0.1, 0.15) is 5.25 Å². The van der Waals surface area contributed by atoms with E-state index in [2.05, 4.69) is 15.5 Å². The van der Waals surface area contributed by atoms with E-state index in [4.69, 9.17) is 27.9 Å². The third-order valence-corrected chi connectivity index (χ3v) is 6.76. The highest BCUT2D eigenvalue weighted by Crippen LogP contribution is 2.33. The molecule has 0 aliphatic heterocycles. The molecule has 166 valence electrons. The standard InChI is InChI=1S/C19H14Cl2N4O5S2/c1-30-17(27)15(8-10-5-6-12(20)9-14(10)21)31-19-24-23-18(32-19)22-16(26)11-3-2-4-13(7-11)25(28)29/h2-7,9,15H,8H2,1H3,(H,22,23,26). The fourth-order valence-corrected chi connectivity index (χ4v) is 5.07. The molecule has 0 radical (unpaired) electrons. The Morgan fingerprint density at radius 3 is 2.72 bits per heavy atom. The van der Waals surface area contributed by atoms with Gasteiger partial charge in [-0.3, -0.25) is 25.0 Å². The zero-order valence-corrected chi connectivity index (χ0v) is 19.4. The molecule has 0 aliphatic rings. The Hall–Kier alpha value is -2.73. The van der Waals surface area contributed by atoms with Gasteiger partial charge < -0.3 is 4.74 Å². The highest BCUT2D eigenvalue weighted by molar-refractivity contribution is 8.02. The van der Waals surface area contributed by atoms with Crippen molar-refractivity contribution >= 4 is 69.0 Å². The van der Waals surface area contributed by atoms with Crippen molar-refractivity contribution < 1.29 is 19.2 Å². The largest absolute Gasteiger partial charge is 0.468 e. The first kappa shape index (κ1) is 23.9. The van der Waals surface area contributed by atoms with Crippen LogP contribution in [-0.2, 0) is 16.0 Å². The summed E-state index contributed by atoms with van der Waals surface area (Å²) < 4.78 is 5.30. The molecule has 2 aromatic carbocycles. The molecule has 3 aromatic rings. The lowest BCUT2D eigenvalue weighted by molar-refractivity contribution is -0.384. The van der Waals surface area contributed by atoms with Gasteiger partial charge in [-0.2, -0.15) is 0 Å². The van der Waals surface area contributed by atoms with Gasteiger partial charge in [-0.1, -0.05) is 58.4 Å². The summed E-state index contributed by atoms with van der Waals surface area (Å²) >= 11 is 14.3. The third kappa shape index (κ3) is 6.16. The Morgan fingerprint density at radius 2 is 2.03 bits per heavy atom. The summed E-state index contributed by atoms with van der Waals surface area (Å²) in [5.41, 5.74) is 0.615. The van der Waals surface area contributed by atoms with Crippen molar-refractivity contribution in [2.45, 2.75) is 16.0 Å². The first-order valence-electron chi connectivity index (χ1n) is 8.84. The number of hydrogen-bond donors (Lipinski definition) is 1. The number of halogens is 2. The minimum Gasteiger partial charge on any atom is -0.468 e. The number of amides is 1. The third-order valence-electron chi connectivity index (χ3n) is 4.07. The predicted octanol–water partition coefficient (Wildman–Crippen LogP) is 4.88. The van der Waals surface area contributed by atoms with Gasteiger partial charge in [0.25, 0.3) is 11.6 Å². The minimum absolute atomic E-state index is 0.105. The number of nitrogens with one attached hydrogen (secondary N) is 1. The van der Waals surface area contributed by atoms with Gasteiger partial charge in [0, 0.05) is 27.7 Å². The van der Waals surface area contributed by atoms with Crippen molar-refractivity contribution in [3.8, 4) is 0 Å². The van der Waals surface area contributed by atoms with E-state index in [0.717, 1.165) is 29.2 Å². The van der Waals surface area contributed by atoms with Gasteiger partial charge in [0.15, 0.2) is 4.34 Å². The maximum atomic E-state index is 12.4. The molecule has 0 saturated carbocycles. The molecular weight excluding hydrogens is 499 g/mol. The van der Waals surface area contributed by atoms with E-state index < -0.39 is 22.0 Å². The van der Waals surface area contributed by atoms with Crippen LogP contribution in [0.5, 0.6) is 0 Å². The number of aromatic nitrogens is 2. The van der Waals surface area contributed by atoms with Gasteiger partial charge >= 0.3 is 5.97 Å². The molecule has 0 bridgehead atoms. The Bertz CT molecular complexity index is 1170. The molecule has 0 saturated heterocycles. The smallest absolute Gasteiger partial charge is 0.319 e. The Kier molecular flexibility index (Phi) is 8.02. The quantitative estimate of drug-likeness (QED) is 0.149. The predicted molar refractivity (Wildman–Crippen MR) is 123 cm³/mol. The van der Waals surface area contributed by atoms with Crippen molar-refractivity contribution in [2.75, 3.05) is 12.4 Å². The van der Waals surface area contributed by atoms with E-state index >= 15 is 0 Å². The number of nitrogens with zero attached hydrogens (tertiary/aromatic N) is 3. The summed E-state index contributed by atoms with van der Waals surface area (Å²) in [4.78, 5) is 35.0. The van der Waals surface area contributed by atoms with Crippen LogP contribution in [0.1, 0.15) is 15.9 Å². The lowest BCUT2D eigenvalue weighted by Gasteiger charge is -2.13. The van der Waals surface area contributed by atoms with E-state index in [9.17, 15) is 19.7 Å². The summed E-state index contributed by atoms with van der Waals surface area (Å²) in [5.74, 6) is -1.04. The molecule has 13 heteroatoms. The van der Waals surface area contributed by atoms with Gasteiger partial charge in [-0.05, 0) is 30.2 Å². The highest BCUT2D eigenvalue weighted by atomic mass is 35.5. The first-order chi connectivity index (χ1) is 15.3. The topological polar surface area (TPSA) is 124 Å². The number of anilines is 1. The lowest BCUT2D eigenvalue weighted by atomic mass is 10.1. The summed E-state index contributed by atoms with van der Waals surface area (Å²) in [7, 11) is 1.28. The number of benzene rings is 2. The molecule has 1 N–H and O–H groups in total. The number of methoxy groups -OCH3 is 1. The molecule has 1 aromatic heterocycles. The Morgan fingerprint density at radius 1 is 1.25 bits per heavy atom. The summed E-state index contributed by atoms with van der Waals surface area (Å²) in [6.45, 7) is 0. The Labute approximate surface area is 200 Å². The minimum atomic E-state index is -0.660. The van der Waals surface area contributed by atoms with Crippen molar-refractivity contribution in [3.63, 3.8) is 0 Å². The number of rotatable bonds is 8.